The number of benzene rings is 1. The van der Waals surface area contributed by atoms with E-state index in [4.69, 9.17) is 21.1 Å². The molecule has 3 nitrogen and oxygen atoms in total. The van der Waals surface area contributed by atoms with Crippen molar-refractivity contribution in [2.75, 3.05) is 14.2 Å². The Morgan fingerprint density at radius 3 is 2.59 bits per heavy atom. The average Bonchev–Trinajstić information content (AvgIpc) is 3.11. The van der Waals surface area contributed by atoms with Crippen molar-refractivity contribution < 1.29 is 14.3 Å². The largest absolute Gasteiger partial charge is 0.497 e. The summed E-state index contributed by atoms with van der Waals surface area (Å²) in [6.07, 6.45) is 2.40. The van der Waals surface area contributed by atoms with E-state index in [1.165, 1.54) is 7.11 Å². The van der Waals surface area contributed by atoms with Crippen LogP contribution in [0.25, 0.3) is 0 Å². The molecule has 1 saturated carbocycles. The molecule has 0 amide bonds. The number of hydrogen-bond acceptors (Lipinski definition) is 3. The van der Waals surface area contributed by atoms with E-state index in [9.17, 15) is 4.79 Å². The van der Waals surface area contributed by atoms with E-state index in [1.54, 1.807) is 13.2 Å². The fourth-order valence-corrected chi connectivity index (χ4v) is 2.22. The lowest BCUT2D eigenvalue weighted by molar-refractivity contribution is -0.147. The van der Waals surface area contributed by atoms with Crippen molar-refractivity contribution in [1.29, 1.82) is 0 Å². The summed E-state index contributed by atoms with van der Waals surface area (Å²) in [7, 11) is 3.03. The van der Waals surface area contributed by atoms with Gasteiger partial charge in [0.2, 0.25) is 0 Å². The molecule has 0 radical (unpaired) electrons. The van der Waals surface area contributed by atoms with Gasteiger partial charge in [-0.05, 0) is 37.0 Å². The van der Waals surface area contributed by atoms with Gasteiger partial charge in [-0.2, -0.15) is 0 Å². The molecule has 0 saturated heterocycles. The lowest BCUT2D eigenvalue weighted by Gasteiger charge is -2.14. The van der Waals surface area contributed by atoms with Gasteiger partial charge in [0, 0.05) is 5.02 Å². The Bertz CT molecular complexity index is 438. The maximum absolute atomic E-state index is 11.6. The summed E-state index contributed by atoms with van der Waals surface area (Å²) in [6.45, 7) is 0. The van der Waals surface area contributed by atoms with Crippen LogP contribution >= 0.6 is 11.6 Å². The minimum absolute atomic E-state index is 0.135. The van der Waals surface area contributed by atoms with Gasteiger partial charge in [0.1, 0.15) is 5.75 Å². The van der Waals surface area contributed by atoms with Crippen LogP contribution in [-0.4, -0.2) is 20.2 Å². The smallest absolute Gasteiger partial charge is 0.312 e. The molecule has 0 heterocycles. The minimum Gasteiger partial charge on any atom is -0.497 e. The first-order chi connectivity index (χ1) is 8.11. The van der Waals surface area contributed by atoms with Crippen molar-refractivity contribution in [3.63, 3.8) is 0 Å². The number of halogens is 1. The number of carbonyl (C=O) groups is 1. The molecule has 0 aliphatic heterocycles. The number of esters is 1. The second-order valence-electron chi connectivity index (χ2n) is 4.41. The van der Waals surface area contributed by atoms with E-state index in [-0.39, 0.29) is 11.4 Å². The molecule has 0 unspecified atom stereocenters. The Morgan fingerprint density at radius 1 is 1.41 bits per heavy atom. The molecule has 1 fully saturated rings. The third-order valence-electron chi connectivity index (χ3n) is 3.26. The molecule has 1 aliphatic rings. The Labute approximate surface area is 106 Å². The summed E-state index contributed by atoms with van der Waals surface area (Å²) >= 11 is 6.16. The third kappa shape index (κ3) is 2.39. The summed E-state index contributed by atoms with van der Waals surface area (Å²) in [5, 5.41) is 0.638. The summed E-state index contributed by atoms with van der Waals surface area (Å²) in [5.74, 6) is 0.589. The second-order valence-corrected chi connectivity index (χ2v) is 4.81. The van der Waals surface area contributed by atoms with Gasteiger partial charge >= 0.3 is 5.97 Å². The molecule has 0 atom stereocenters. The zero-order valence-electron chi connectivity index (χ0n) is 9.96. The predicted octanol–water partition coefficient (Wildman–Crippen LogP) is 2.84. The first kappa shape index (κ1) is 12.2. The second kappa shape index (κ2) is 4.57. The zero-order valence-corrected chi connectivity index (χ0v) is 10.7. The molecule has 2 rings (SSSR count). The zero-order chi connectivity index (χ0) is 12.5. The molecule has 4 heteroatoms. The fourth-order valence-electron chi connectivity index (χ4n) is 1.98. The van der Waals surface area contributed by atoms with E-state index in [1.807, 2.05) is 12.1 Å². The van der Waals surface area contributed by atoms with Crippen LogP contribution in [-0.2, 0) is 16.0 Å². The van der Waals surface area contributed by atoms with Crippen LogP contribution in [0.1, 0.15) is 18.4 Å². The van der Waals surface area contributed by atoms with Crippen LogP contribution in [0.15, 0.2) is 18.2 Å². The van der Waals surface area contributed by atoms with Gasteiger partial charge in [0.15, 0.2) is 0 Å². The molecule has 0 spiro atoms. The van der Waals surface area contributed by atoms with E-state index in [0.29, 0.717) is 11.4 Å². The monoisotopic (exact) mass is 254 g/mol. The van der Waals surface area contributed by atoms with Gasteiger partial charge in [0.25, 0.3) is 0 Å². The van der Waals surface area contributed by atoms with Crippen LogP contribution in [0.5, 0.6) is 5.75 Å². The van der Waals surface area contributed by atoms with Gasteiger partial charge in [0.05, 0.1) is 19.6 Å². The topological polar surface area (TPSA) is 35.5 Å². The third-order valence-corrected chi connectivity index (χ3v) is 3.61. The molecule has 0 bridgehead atoms. The molecular weight excluding hydrogens is 240 g/mol. The van der Waals surface area contributed by atoms with Crippen LogP contribution < -0.4 is 4.74 Å². The first-order valence-electron chi connectivity index (χ1n) is 5.52. The Kier molecular flexibility index (Phi) is 3.29. The normalized spacial score (nSPS) is 16.4. The van der Waals surface area contributed by atoms with Gasteiger partial charge in [-0.1, -0.05) is 17.7 Å². The number of carbonyl (C=O) groups excluding carboxylic acids is 1. The maximum Gasteiger partial charge on any atom is 0.312 e. The molecule has 1 aliphatic carbocycles. The van der Waals surface area contributed by atoms with E-state index in [2.05, 4.69) is 0 Å². The number of hydrogen-bond donors (Lipinski definition) is 0. The summed E-state index contributed by atoms with van der Waals surface area (Å²) in [5.41, 5.74) is 0.628. The highest BCUT2D eigenvalue weighted by Crippen LogP contribution is 2.50. The van der Waals surface area contributed by atoms with Crippen molar-refractivity contribution in [3.8, 4) is 5.75 Å². The molecule has 1 aromatic carbocycles. The summed E-state index contributed by atoms with van der Waals surface area (Å²) in [6, 6.07) is 5.53. The Balaban J connectivity index is 2.17. The molecule has 1 aromatic rings. The highest BCUT2D eigenvalue weighted by molar-refractivity contribution is 6.31. The summed E-state index contributed by atoms with van der Waals surface area (Å²) in [4.78, 5) is 11.6. The van der Waals surface area contributed by atoms with Crippen molar-refractivity contribution in [2.45, 2.75) is 19.3 Å². The Hall–Kier alpha value is -1.22. The van der Waals surface area contributed by atoms with Crippen molar-refractivity contribution in [3.05, 3.63) is 28.8 Å². The van der Waals surface area contributed by atoms with Crippen LogP contribution in [0.2, 0.25) is 5.02 Å². The first-order valence-corrected chi connectivity index (χ1v) is 5.90. The average molecular weight is 255 g/mol. The molecule has 0 aromatic heterocycles. The molecule has 0 N–H and O–H groups in total. The van der Waals surface area contributed by atoms with Gasteiger partial charge < -0.3 is 9.47 Å². The predicted molar refractivity (Wildman–Crippen MR) is 65.4 cm³/mol. The van der Waals surface area contributed by atoms with Gasteiger partial charge in [-0.25, -0.2) is 0 Å². The van der Waals surface area contributed by atoms with Crippen molar-refractivity contribution >= 4 is 17.6 Å². The Morgan fingerprint density at radius 2 is 2.12 bits per heavy atom. The lowest BCUT2D eigenvalue weighted by atomic mass is 9.96. The molecular formula is C13H15ClO3. The highest BCUT2D eigenvalue weighted by Gasteiger charge is 2.51. The highest BCUT2D eigenvalue weighted by atomic mass is 35.5. The van der Waals surface area contributed by atoms with Gasteiger partial charge in [-0.15, -0.1) is 0 Å². The number of rotatable bonds is 4. The SMILES string of the molecule is COC(=O)C1(Cc2ccc(OC)cc2Cl)CC1. The van der Waals surface area contributed by atoms with Crippen LogP contribution in [0.3, 0.4) is 0 Å². The van der Waals surface area contributed by atoms with Crippen molar-refractivity contribution in [1.82, 2.24) is 0 Å². The number of ether oxygens (including phenoxy) is 2. The van der Waals surface area contributed by atoms with Crippen LogP contribution in [0, 0.1) is 5.41 Å². The molecule has 17 heavy (non-hydrogen) atoms. The van der Waals surface area contributed by atoms with E-state index in [0.717, 1.165) is 24.2 Å². The van der Waals surface area contributed by atoms with E-state index < -0.39 is 0 Å². The number of methoxy groups -OCH3 is 2. The van der Waals surface area contributed by atoms with Gasteiger partial charge in [-0.3, -0.25) is 4.79 Å². The van der Waals surface area contributed by atoms with E-state index >= 15 is 0 Å². The van der Waals surface area contributed by atoms with Crippen LogP contribution in [0.4, 0.5) is 0 Å². The summed E-state index contributed by atoms with van der Waals surface area (Å²) < 4.78 is 9.92. The standard InChI is InChI=1S/C13H15ClO3/c1-16-10-4-3-9(11(14)7-10)8-13(5-6-13)12(15)17-2/h3-4,7H,5-6,8H2,1-2H3. The maximum atomic E-state index is 11.6. The minimum atomic E-state index is -0.340. The lowest BCUT2D eigenvalue weighted by Crippen LogP contribution is -2.20. The fraction of sp³-hybridized carbons (Fsp3) is 0.462. The van der Waals surface area contributed by atoms with Crippen molar-refractivity contribution in [2.24, 2.45) is 5.41 Å². The quantitative estimate of drug-likeness (QED) is 0.775. The molecule has 92 valence electrons.